The molecule has 1 fully saturated rings. The summed E-state index contributed by atoms with van der Waals surface area (Å²) in [7, 11) is 4.03. The molecular weight excluding hydrogens is 226 g/mol. The summed E-state index contributed by atoms with van der Waals surface area (Å²) in [6, 6.07) is 0. The van der Waals surface area contributed by atoms with Gasteiger partial charge < -0.3 is 16.0 Å². The molecule has 0 saturated heterocycles. The third kappa shape index (κ3) is 2.61. The number of hydrogen-bond donors (Lipinski definition) is 3. The first-order valence-corrected chi connectivity index (χ1v) is 6.75. The Morgan fingerprint density at radius 3 is 2.44 bits per heavy atom. The van der Waals surface area contributed by atoms with Gasteiger partial charge >= 0.3 is 0 Å². The maximum atomic E-state index is 6.16. The molecule has 0 aromatic rings. The topological polar surface area (TPSA) is 79.7 Å². The minimum Gasteiger partial charge on any atom is -0.384 e. The lowest BCUT2D eigenvalue weighted by atomic mass is 9.82. The van der Waals surface area contributed by atoms with Gasteiger partial charge in [-0.1, -0.05) is 19.3 Å². The molecule has 5 nitrogen and oxygen atoms in total. The Morgan fingerprint density at radius 1 is 1.28 bits per heavy atom. The molecule has 0 amide bonds. The van der Waals surface area contributed by atoms with Gasteiger partial charge in [0.05, 0.1) is 0 Å². The fraction of sp³-hybridized carbons (Fsp3) is 0.769. The van der Waals surface area contributed by atoms with Gasteiger partial charge in [0.1, 0.15) is 11.7 Å². The SMILES string of the molecule is CN(C)C1=C(C2CCCCC2)C(N)=NC(C)(N)N1. The third-order valence-electron chi connectivity index (χ3n) is 3.72. The Bertz CT molecular complexity index is 375. The second-order valence-corrected chi connectivity index (χ2v) is 5.76. The quantitative estimate of drug-likeness (QED) is 0.682. The maximum absolute atomic E-state index is 6.16. The van der Waals surface area contributed by atoms with E-state index in [1.807, 2.05) is 21.0 Å². The summed E-state index contributed by atoms with van der Waals surface area (Å²) < 4.78 is 0. The largest absolute Gasteiger partial charge is 0.384 e. The summed E-state index contributed by atoms with van der Waals surface area (Å²) in [4.78, 5) is 6.43. The van der Waals surface area contributed by atoms with Crippen molar-refractivity contribution in [3.63, 3.8) is 0 Å². The van der Waals surface area contributed by atoms with Gasteiger partial charge in [-0.25, -0.2) is 4.99 Å². The fourth-order valence-electron chi connectivity index (χ4n) is 2.91. The number of rotatable bonds is 2. The average Bonchev–Trinajstić information content (AvgIpc) is 2.27. The van der Waals surface area contributed by atoms with Crippen molar-refractivity contribution < 1.29 is 0 Å². The molecule has 1 unspecified atom stereocenters. The van der Waals surface area contributed by atoms with Crippen LogP contribution in [0.2, 0.25) is 0 Å². The summed E-state index contributed by atoms with van der Waals surface area (Å²) in [5.41, 5.74) is 13.4. The van der Waals surface area contributed by atoms with Gasteiger partial charge in [0.25, 0.3) is 0 Å². The van der Waals surface area contributed by atoms with Crippen molar-refractivity contribution in [2.75, 3.05) is 14.1 Å². The molecule has 18 heavy (non-hydrogen) atoms. The second-order valence-electron chi connectivity index (χ2n) is 5.76. The highest BCUT2D eigenvalue weighted by atomic mass is 15.4. The highest BCUT2D eigenvalue weighted by Crippen LogP contribution is 2.33. The minimum atomic E-state index is -0.804. The number of nitrogens with zero attached hydrogens (tertiary/aromatic N) is 2. The first kappa shape index (κ1) is 13.2. The van der Waals surface area contributed by atoms with Crippen molar-refractivity contribution in [3.8, 4) is 0 Å². The van der Waals surface area contributed by atoms with Crippen LogP contribution >= 0.6 is 0 Å². The van der Waals surface area contributed by atoms with Crippen LogP contribution in [-0.4, -0.2) is 30.6 Å². The molecule has 0 aromatic carbocycles. The zero-order chi connectivity index (χ0) is 13.3. The van der Waals surface area contributed by atoms with Gasteiger partial charge in [-0.05, 0) is 25.7 Å². The van der Waals surface area contributed by atoms with Gasteiger partial charge in [-0.15, -0.1) is 0 Å². The average molecular weight is 251 g/mol. The first-order valence-electron chi connectivity index (χ1n) is 6.75. The summed E-state index contributed by atoms with van der Waals surface area (Å²) in [5.74, 6) is 1.35. The molecule has 0 aromatic heterocycles. The molecule has 102 valence electrons. The van der Waals surface area contributed by atoms with E-state index >= 15 is 0 Å². The summed E-state index contributed by atoms with van der Waals surface area (Å²) in [6.07, 6.45) is 6.29. The van der Waals surface area contributed by atoms with Crippen LogP contribution in [-0.2, 0) is 0 Å². The number of nitrogens with two attached hydrogens (primary N) is 2. The second kappa shape index (κ2) is 4.80. The molecule has 0 radical (unpaired) electrons. The number of nitrogens with one attached hydrogen (secondary N) is 1. The fourth-order valence-corrected chi connectivity index (χ4v) is 2.91. The van der Waals surface area contributed by atoms with E-state index in [2.05, 4.69) is 15.2 Å². The molecule has 5 N–H and O–H groups in total. The Morgan fingerprint density at radius 2 is 1.89 bits per heavy atom. The molecule has 2 rings (SSSR count). The van der Waals surface area contributed by atoms with Gasteiger partial charge in [-0.3, -0.25) is 5.73 Å². The van der Waals surface area contributed by atoms with E-state index in [0.29, 0.717) is 11.8 Å². The lowest BCUT2D eigenvalue weighted by molar-refractivity contribution is 0.323. The molecule has 0 spiro atoms. The Hall–Kier alpha value is -1.23. The van der Waals surface area contributed by atoms with Crippen molar-refractivity contribution in [1.29, 1.82) is 0 Å². The molecule has 1 aliphatic carbocycles. The Labute approximate surface area is 109 Å². The lowest BCUT2D eigenvalue weighted by Gasteiger charge is -2.38. The van der Waals surface area contributed by atoms with Crippen LogP contribution in [0.5, 0.6) is 0 Å². The summed E-state index contributed by atoms with van der Waals surface area (Å²) in [6.45, 7) is 1.83. The highest BCUT2D eigenvalue weighted by molar-refractivity contribution is 5.99. The normalized spacial score (nSPS) is 29.9. The van der Waals surface area contributed by atoms with E-state index in [0.717, 1.165) is 11.4 Å². The lowest BCUT2D eigenvalue weighted by Crippen LogP contribution is -2.56. The van der Waals surface area contributed by atoms with Crippen LogP contribution in [0.1, 0.15) is 39.0 Å². The predicted octanol–water partition coefficient (Wildman–Crippen LogP) is 0.933. The highest BCUT2D eigenvalue weighted by Gasteiger charge is 2.32. The van der Waals surface area contributed by atoms with Crippen LogP contribution < -0.4 is 16.8 Å². The van der Waals surface area contributed by atoms with E-state index in [1.165, 1.54) is 32.1 Å². The van der Waals surface area contributed by atoms with Crippen molar-refractivity contribution in [1.82, 2.24) is 10.2 Å². The smallest absolute Gasteiger partial charge is 0.182 e. The molecule has 0 bridgehead atoms. The van der Waals surface area contributed by atoms with Crippen LogP contribution in [0.3, 0.4) is 0 Å². The van der Waals surface area contributed by atoms with Crippen LogP contribution in [0, 0.1) is 5.92 Å². The van der Waals surface area contributed by atoms with E-state index in [1.54, 1.807) is 0 Å². The molecule has 1 aliphatic heterocycles. The van der Waals surface area contributed by atoms with Crippen molar-refractivity contribution >= 4 is 5.84 Å². The van der Waals surface area contributed by atoms with Crippen molar-refractivity contribution in [3.05, 3.63) is 11.4 Å². The zero-order valence-corrected chi connectivity index (χ0v) is 11.7. The number of aliphatic imine (C=N–C) groups is 1. The predicted molar refractivity (Wildman–Crippen MR) is 74.6 cm³/mol. The van der Waals surface area contributed by atoms with Gasteiger partial charge in [-0.2, -0.15) is 0 Å². The Balaban J connectivity index is 2.35. The van der Waals surface area contributed by atoms with Gasteiger partial charge in [0.15, 0.2) is 5.79 Å². The molecule has 1 saturated carbocycles. The first-order chi connectivity index (χ1) is 8.41. The van der Waals surface area contributed by atoms with Gasteiger partial charge in [0.2, 0.25) is 0 Å². The molecule has 1 heterocycles. The third-order valence-corrected chi connectivity index (χ3v) is 3.72. The van der Waals surface area contributed by atoms with Gasteiger partial charge in [0, 0.05) is 19.7 Å². The molecule has 2 aliphatic rings. The maximum Gasteiger partial charge on any atom is 0.182 e. The summed E-state index contributed by atoms with van der Waals surface area (Å²) >= 11 is 0. The minimum absolute atomic E-state index is 0.517. The van der Waals surface area contributed by atoms with Crippen LogP contribution in [0.25, 0.3) is 0 Å². The van der Waals surface area contributed by atoms with E-state index < -0.39 is 5.79 Å². The van der Waals surface area contributed by atoms with Crippen LogP contribution in [0.4, 0.5) is 0 Å². The molecule has 1 atom stereocenters. The summed E-state index contributed by atoms with van der Waals surface area (Å²) in [5, 5.41) is 3.29. The monoisotopic (exact) mass is 251 g/mol. The molecule has 5 heteroatoms. The van der Waals surface area contributed by atoms with E-state index in [4.69, 9.17) is 11.5 Å². The number of amidine groups is 1. The molecular formula is C13H25N5. The van der Waals surface area contributed by atoms with E-state index in [-0.39, 0.29) is 0 Å². The van der Waals surface area contributed by atoms with E-state index in [9.17, 15) is 0 Å². The van der Waals surface area contributed by atoms with Crippen LogP contribution in [0.15, 0.2) is 16.4 Å². The number of hydrogen-bond acceptors (Lipinski definition) is 5. The zero-order valence-electron chi connectivity index (χ0n) is 11.7. The van der Waals surface area contributed by atoms with Crippen molar-refractivity contribution in [2.24, 2.45) is 22.4 Å². The standard InChI is InChI=1S/C13H25N5/c1-13(15)16-11(14)10(12(17-13)18(2)3)9-7-5-4-6-8-9/h9,17H,4-8,15H2,1-3H3,(H2,14,16). The van der Waals surface area contributed by atoms with Crippen molar-refractivity contribution in [2.45, 2.75) is 44.8 Å². The Kier molecular flexibility index (Phi) is 3.52.